The highest BCUT2D eigenvalue weighted by molar-refractivity contribution is 5.67. The molecular formula is C61H112N2O2. The van der Waals surface area contributed by atoms with Crippen LogP contribution >= 0.6 is 0 Å². The third kappa shape index (κ3) is 50.9. The zero-order valence-corrected chi connectivity index (χ0v) is 44.4. The number of ether oxygens (including phenoxy) is 1. The molecule has 65 heavy (non-hydrogen) atoms. The Morgan fingerprint density at radius 3 is 0.985 bits per heavy atom. The summed E-state index contributed by atoms with van der Waals surface area (Å²) in [5.41, 5.74) is 0. The lowest BCUT2D eigenvalue weighted by atomic mass is 10.0. The molecule has 378 valence electrons. The molecule has 1 amide bonds. The van der Waals surface area contributed by atoms with Gasteiger partial charge in [0.25, 0.3) is 0 Å². The summed E-state index contributed by atoms with van der Waals surface area (Å²) in [5.74, 6) is 0. The SMILES string of the molecule is CCCCCC=CCC=CCCCCCCCCC(CCCCCCCCC=CCC=CCCCCC)OC(=O)N(CCCCCCCCC=CCC=CCCCCC)CCCN(C)C. The Morgan fingerprint density at radius 2 is 0.646 bits per heavy atom. The van der Waals surface area contributed by atoms with Crippen LogP contribution in [0.4, 0.5) is 4.79 Å². The van der Waals surface area contributed by atoms with Gasteiger partial charge in [0.2, 0.25) is 0 Å². The van der Waals surface area contributed by atoms with Crippen molar-refractivity contribution in [1.82, 2.24) is 9.80 Å². The number of allylic oxidation sites excluding steroid dienone is 12. The molecule has 0 aliphatic heterocycles. The van der Waals surface area contributed by atoms with E-state index >= 15 is 0 Å². The van der Waals surface area contributed by atoms with E-state index in [1.54, 1.807) is 0 Å². The van der Waals surface area contributed by atoms with Crippen LogP contribution in [0.3, 0.4) is 0 Å². The summed E-state index contributed by atoms with van der Waals surface area (Å²) < 4.78 is 6.44. The Morgan fingerprint density at radius 1 is 0.354 bits per heavy atom. The van der Waals surface area contributed by atoms with Gasteiger partial charge in [-0.3, -0.25) is 0 Å². The highest BCUT2D eigenvalue weighted by Crippen LogP contribution is 2.19. The second kappa shape index (κ2) is 54.3. The maximum Gasteiger partial charge on any atom is 0.410 e. The summed E-state index contributed by atoms with van der Waals surface area (Å²) in [6, 6.07) is 0. The summed E-state index contributed by atoms with van der Waals surface area (Å²) in [4.78, 5) is 18.1. The van der Waals surface area contributed by atoms with Gasteiger partial charge in [-0.05, 0) is 155 Å². The second-order valence-electron chi connectivity index (χ2n) is 19.5. The summed E-state index contributed by atoms with van der Waals surface area (Å²) >= 11 is 0. The Hall–Kier alpha value is -2.33. The molecule has 0 aromatic rings. The fourth-order valence-electron chi connectivity index (χ4n) is 8.36. The molecule has 0 aromatic heterocycles. The quantitative estimate of drug-likeness (QED) is 0.0450. The molecule has 4 nitrogen and oxygen atoms in total. The first kappa shape index (κ1) is 62.7. The van der Waals surface area contributed by atoms with Crippen molar-refractivity contribution < 1.29 is 9.53 Å². The van der Waals surface area contributed by atoms with Crippen molar-refractivity contribution in [3.8, 4) is 0 Å². The van der Waals surface area contributed by atoms with Crippen LogP contribution in [-0.4, -0.2) is 55.7 Å². The van der Waals surface area contributed by atoms with Gasteiger partial charge in [0.15, 0.2) is 0 Å². The average Bonchev–Trinajstić information content (AvgIpc) is 3.30. The van der Waals surface area contributed by atoms with Gasteiger partial charge in [0.05, 0.1) is 0 Å². The molecule has 0 aromatic carbocycles. The number of amides is 1. The van der Waals surface area contributed by atoms with Crippen molar-refractivity contribution in [2.24, 2.45) is 0 Å². The predicted molar refractivity (Wildman–Crippen MR) is 292 cm³/mol. The van der Waals surface area contributed by atoms with Crippen molar-refractivity contribution in [1.29, 1.82) is 0 Å². The smallest absolute Gasteiger partial charge is 0.410 e. The summed E-state index contributed by atoms with van der Waals surface area (Å²) in [6.45, 7) is 9.42. The first-order valence-electron chi connectivity index (χ1n) is 28.5. The molecule has 4 heteroatoms. The molecule has 0 radical (unpaired) electrons. The van der Waals surface area contributed by atoms with Gasteiger partial charge in [-0.25, -0.2) is 4.79 Å². The minimum Gasteiger partial charge on any atom is -0.446 e. The first-order chi connectivity index (χ1) is 32.0. The van der Waals surface area contributed by atoms with Gasteiger partial charge in [0.1, 0.15) is 6.10 Å². The lowest BCUT2D eigenvalue weighted by Crippen LogP contribution is -2.37. The molecular weight excluding hydrogens is 793 g/mol. The fourth-order valence-corrected chi connectivity index (χ4v) is 8.36. The van der Waals surface area contributed by atoms with E-state index in [-0.39, 0.29) is 12.2 Å². The van der Waals surface area contributed by atoms with Gasteiger partial charge in [-0.15, -0.1) is 0 Å². The van der Waals surface area contributed by atoms with Crippen LogP contribution in [0.25, 0.3) is 0 Å². The maximum absolute atomic E-state index is 13.8. The lowest BCUT2D eigenvalue weighted by molar-refractivity contribution is 0.0513. The van der Waals surface area contributed by atoms with Gasteiger partial charge >= 0.3 is 6.09 Å². The summed E-state index contributed by atoms with van der Waals surface area (Å²) in [7, 11) is 4.25. The highest BCUT2D eigenvalue weighted by atomic mass is 16.6. The summed E-state index contributed by atoms with van der Waals surface area (Å²) in [5, 5.41) is 0. The molecule has 0 heterocycles. The van der Waals surface area contributed by atoms with Crippen molar-refractivity contribution in [3.63, 3.8) is 0 Å². The van der Waals surface area contributed by atoms with E-state index in [9.17, 15) is 4.79 Å². The minimum atomic E-state index is -0.0589. The number of carbonyl (C=O) groups is 1. The van der Waals surface area contributed by atoms with E-state index in [1.807, 2.05) is 0 Å². The number of unbranched alkanes of at least 4 members (excludes halogenated alkanes) is 27. The predicted octanol–water partition coefficient (Wildman–Crippen LogP) is 20.0. The largest absolute Gasteiger partial charge is 0.446 e. The highest BCUT2D eigenvalue weighted by Gasteiger charge is 2.20. The molecule has 0 saturated heterocycles. The minimum absolute atomic E-state index is 0.0476. The third-order valence-corrected chi connectivity index (χ3v) is 12.6. The molecule has 0 fully saturated rings. The van der Waals surface area contributed by atoms with Crippen LogP contribution < -0.4 is 0 Å². The number of rotatable bonds is 50. The van der Waals surface area contributed by atoms with Crippen LogP contribution in [0.2, 0.25) is 0 Å². The van der Waals surface area contributed by atoms with Crippen molar-refractivity contribution in [3.05, 3.63) is 72.9 Å². The molecule has 0 bridgehead atoms. The summed E-state index contributed by atoms with van der Waals surface area (Å²) in [6.07, 6.45) is 76.3. The molecule has 0 unspecified atom stereocenters. The molecule has 0 N–H and O–H groups in total. The zero-order valence-electron chi connectivity index (χ0n) is 44.4. The van der Waals surface area contributed by atoms with Crippen LogP contribution in [-0.2, 0) is 4.74 Å². The van der Waals surface area contributed by atoms with E-state index in [2.05, 4.69) is 118 Å². The Labute approximate surface area is 407 Å². The Bertz CT molecular complexity index is 1080. The molecule has 0 atom stereocenters. The number of hydrogen-bond donors (Lipinski definition) is 0. The first-order valence-corrected chi connectivity index (χ1v) is 28.5. The number of nitrogens with zero attached hydrogens (tertiary/aromatic N) is 2. The van der Waals surface area contributed by atoms with E-state index < -0.39 is 0 Å². The number of hydrogen-bond acceptors (Lipinski definition) is 3. The van der Waals surface area contributed by atoms with Crippen molar-refractivity contribution >= 4 is 6.09 Å². The van der Waals surface area contributed by atoms with Gasteiger partial charge < -0.3 is 14.5 Å². The van der Waals surface area contributed by atoms with Crippen molar-refractivity contribution in [2.45, 2.75) is 277 Å². The van der Waals surface area contributed by atoms with E-state index in [0.717, 1.165) is 77.4 Å². The van der Waals surface area contributed by atoms with Gasteiger partial charge in [0, 0.05) is 13.1 Å². The third-order valence-electron chi connectivity index (χ3n) is 12.6. The number of carbonyl (C=O) groups excluding carboxylic acids is 1. The van der Waals surface area contributed by atoms with E-state index in [4.69, 9.17) is 4.74 Å². The van der Waals surface area contributed by atoms with Crippen LogP contribution in [0, 0.1) is 0 Å². The zero-order chi connectivity index (χ0) is 47.2. The van der Waals surface area contributed by atoms with Crippen LogP contribution in [0.15, 0.2) is 72.9 Å². The topological polar surface area (TPSA) is 32.8 Å². The van der Waals surface area contributed by atoms with Crippen molar-refractivity contribution in [2.75, 3.05) is 33.7 Å². The van der Waals surface area contributed by atoms with Crippen LogP contribution in [0.5, 0.6) is 0 Å². The van der Waals surface area contributed by atoms with Gasteiger partial charge in [-0.2, -0.15) is 0 Å². The molecule has 0 aliphatic carbocycles. The monoisotopic (exact) mass is 905 g/mol. The second-order valence-corrected chi connectivity index (χ2v) is 19.5. The molecule has 0 aliphatic rings. The van der Waals surface area contributed by atoms with E-state index in [1.165, 1.54) is 193 Å². The Kier molecular flexibility index (Phi) is 52.3. The van der Waals surface area contributed by atoms with Crippen LogP contribution in [0.1, 0.15) is 271 Å². The fraction of sp³-hybridized carbons (Fsp3) is 0.787. The average molecular weight is 906 g/mol. The molecule has 0 rings (SSSR count). The lowest BCUT2D eigenvalue weighted by Gasteiger charge is -2.26. The Balaban J connectivity index is 4.79. The van der Waals surface area contributed by atoms with Gasteiger partial charge in [-0.1, -0.05) is 209 Å². The van der Waals surface area contributed by atoms with E-state index in [0.29, 0.717) is 0 Å². The maximum atomic E-state index is 13.8. The molecule has 0 saturated carbocycles. The normalized spacial score (nSPS) is 12.9. The molecule has 0 spiro atoms. The standard InChI is InChI=1S/C61H112N2O2/c1-6-9-12-15-18-21-24-27-30-33-36-39-42-45-48-51-55-60(56-52-49-46-43-40-37-34-31-28-25-22-19-16-13-10-7-2)65-61(64)63(59-54-57-62(4)5)58-53-50-47-44-41-38-35-32-29-26-23-20-17-14-11-8-3/h18-23,27-32,60H,6-17,24-26,33-59H2,1-5H3.